The number of rotatable bonds is 5. The maximum atomic E-state index is 12.6. The first-order valence-corrected chi connectivity index (χ1v) is 8.33. The highest BCUT2D eigenvalue weighted by Gasteiger charge is 2.40. The van der Waals surface area contributed by atoms with Gasteiger partial charge in [0.15, 0.2) is 0 Å². The van der Waals surface area contributed by atoms with Crippen LogP contribution in [0.2, 0.25) is 0 Å². The summed E-state index contributed by atoms with van der Waals surface area (Å²) in [4.78, 5) is 40.6. The Morgan fingerprint density at radius 1 is 1.08 bits per heavy atom. The van der Waals surface area contributed by atoms with Crippen molar-refractivity contribution in [2.24, 2.45) is 0 Å². The van der Waals surface area contributed by atoms with Gasteiger partial charge in [0.05, 0.1) is 17.1 Å². The van der Waals surface area contributed by atoms with Crippen LogP contribution in [-0.4, -0.2) is 82.9 Å². The average molecular weight is 360 g/mol. The normalized spacial score (nSPS) is 18.8. The van der Waals surface area contributed by atoms with Crippen LogP contribution in [0.1, 0.15) is 5.56 Å². The van der Waals surface area contributed by atoms with Crippen LogP contribution in [-0.2, 0) is 9.59 Å². The monoisotopic (exact) mass is 360 g/mol. The predicted octanol–water partition coefficient (Wildman–Crippen LogP) is -0.0856. The second-order valence-corrected chi connectivity index (χ2v) is 6.25. The van der Waals surface area contributed by atoms with Gasteiger partial charge in [-0.25, -0.2) is 0 Å². The number of hydrogen-bond acceptors (Lipinski definition) is 7. The van der Waals surface area contributed by atoms with Crippen LogP contribution >= 0.6 is 0 Å². The number of nitro groups is 1. The first-order chi connectivity index (χ1) is 12.4. The number of aliphatic hydroxyl groups is 1. The van der Waals surface area contributed by atoms with Crippen molar-refractivity contribution in [2.75, 3.05) is 46.4 Å². The molecule has 0 aromatic heterocycles. The van der Waals surface area contributed by atoms with E-state index in [1.807, 2.05) is 4.90 Å². The molecule has 138 valence electrons. The highest BCUT2D eigenvalue weighted by Crippen LogP contribution is 2.32. The van der Waals surface area contributed by atoms with Gasteiger partial charge in [-0.05, 0) is 17.7 Å². The van der Waals surface area contributed by atoms with E-state index >= 15 is 0 Å². The Morgan fingerprint density at radius 3 is 2.23 bits per heavy atom. The lowest BCUT2D eigenvalue weighted by Crippen LogP contribution is -2.48. The zero-order valence-corrected chi connectivity index (χ0v) is 14.4. The second kappa shape index (κ2) is 7.22. The molecule has 9 nitrogen and oxygen atoms in total. The van der Waals surface area contributed by atoms with Crippen molar-refractivity contribution in [2.45, 2.75) is 0 Å². The van der Waals surface area contributed by atoms with E-state index in [2.05, 4.69) is 4.90 Å². The fourth-order valence-corrected chi connectivity index (χ4v) is 3.27. The van der Waals surface area contributed by atoms with Gasteiger partial charge in [-0.2, -0.15) is 0 Å². The Labute approximate surface area is 150 Å². The highest BCUT2D eigenvalue weighted by molar-refractivity contribution is 6.35. The molecular weight excluding hydrogens is 340 g/mol. The fraction of sp³-hybridized carbons (Fsp3) is 0.412. The number of imide groups is 1. The Kier molecular flexibility index (Phi) is 5.01. The summed E-state index contributed by atoms with van der Waals surface area (Å²) in [5, 5.41) is 19.9. The summed E-state index contributed by atoms with van der Waals surface area (Å²) in [6, 6.07) is 5.66. The summed E-state index contributed by atoms with van der Waals surface area (Å²) < 4.78 is 0. The van der Waals surface area contributed by atoms with Gasteiger partial charge in [-0.3, -0.25) is 29.5 Å². The molecule has 1 N–H and O–H groups in total. The van der Waals surface area contributed by atoms with E-state index in [1.165, 1.54) is 31.3 Å². The molecule has 0 unspecified atom stereocenters. The Balaban J connectivity index is 1.94. The van der Waals surface area contributed by atoms with E-state index < -0.39 is 10.8 Å². The number of likely N-dealkylation sites (N-methyl/N-ethyl adjacent to an activating group) is 1. The molecule has 0 atom stereocenters. The molecule has 0 saturated carbocycles. The summed E-state index contributed by atoms with van der Waals surface area (Å²) in [5.74, 6) is -0.768. The lowest BCUT2D eigenvalue weighted by molar-refractivity contribution is -0.384. The third kappa shape index (κ3) is 3.18. The first kappa shape index (κ1) is 18.0. The average Bonchev–Trinajstić information content (AvgIpc) is 2.87. The number of carbonyl (C=O) groups excluding carboxylic acids is 2. The number of benzene rings is 1. The van der Waals surface area contributed by atoms with Gasteiger partial charge >= 0.3 is 0 Å². The van der Waals surface area contributed by atoms with E-state index in [0.717, 1.165) is 4.90 Å². The largest absolute Gasteiger partial charge is 0.395 e. The molecule has 0 bridgehead atoms. The standard InChI is InChI=1S/C17H20N4O5/c1-18-16(23)14(12-2-4-13(5-3-12)21(25)26)15(17(18)24)20-8-6-19(7-9-20)10-11-22/h2-5,22H,6-11H2,1H3. The van der Waals surface area contributed by atoms with E-state index in [-0.39, 0.29) is 23.8 Å². The van der Waals surface area contributed by atoms with Crippen molar-refractivity contribution < 1.29 is 19.6 Å². The predicted molar refractivity (Wildman–Crippen MR) is 92.9 cm³/mol. The number of β-amino-alcohol motifs (C(OH)–C–C–N with tert-alkyl or cyclic N) is 1. The Bertz CT molecular complexity index is 766. The molecule has 2 aliphatic rings. The second-order valence-electron chi connectivity index (χ2n) is 6.25. The lowest BCUT2D eigenvalue weighted by atomic mass is 10.0. The van der Waals surface area contributed by atoms with Crippen molar-refractivity contribution in [1.29, 1.82) is 0 Å². The lowest BCUT2D eigenvalue weighted by Gasteiger charge is -2.36. The minimum absolute atomic E-state index is 0.0707. The summed E-state index contributed by atoms with van der Waals surface area (Å²) in [5.41, 5.74) is 1.04. The molecule has 0 spiro atoms. The zero-order valence-electron chi connectivity index (χ0n) is 14.4. The number of piperazine rings is 1. The molecule has 1 fully saturated rings. The number of non-ortho nitro benzene ring substituents is 1. The highest BCUT2D eigenvalue weighted by atomic mass is 16.6. The van der Waals surface area contributed by atoms with E-state index in [9.17, 15) is 19.7 Å². The SMILES string of the molecule is CN1C(=O)C(c2ccc([N+](=O)[O-])cc2)=C(N2CCN(CCO)CC2)C1=O. The molecule has 2 heterocycles. The van der Waals surface area contributed by atoms with Gasteiger partial charge < -0.3 is 10.0 Å². The minimum Gasteiger partial charge on any atom is -0.395 e. The first-order valence-electron chi connectivity index (χ1n) is 8.33. The summed E-state index contributed by atoms with van der Waals surface area (Å²) in [6.07, 6.45) is 0. The molecule has 9 heteroatoms. The van der Waals surface area contributed by atoms with Crippen LogP contribution in [0.5, 0.6) is 0 Å². The molecule has 0 radical (unpaired) electrons. The van der Waals surface area contributed by atoms with Crippen molar-refractivity contribution in [3.05, 3.63) is 45.6 Å². The topological polar surface area (TPSA) is 107 Å². The minimum atomic E-state index is -0.507. The molecule has 3 rings (SSSR count). The number of nitro benzene ring substituents is 1. The maximum absolute atomic E-state index is 12.6. The molecular formula is C17H20N4O5. The summed E-state index contributed by atoms with van der Waals surface area (Å²) in [6.45, 7) is 3.16. The third-order valence-electron chi connectivity index (χ3n) is 4.73. The Hall–Kier alpha value is -2.78. The van der Waals surface area contributed by atoms with Gasteiger partial charge in [0.2, 0.25) is 0 Å². The molecule has 0 aliphatic carbocycles. The van der Waals surface area contributed by atoms with Crippen molar-refractivity contribution in [1.82, 2.24) is 14.7 Å². The Morgan fingerprint density at radius 2 is 1.69 bits per heavy atom. The van der Waals surface area contributed by atoms with Gasteiger partial charge in [-0.15, -0.1) is 0 Å². The number of carbonyl (C=O) groups is 2. The quantitative estimate of drug-likeness (QED) is 0.444. The molecule has 26 heavy (non-hydrogen) atoms. The van der Waals surface area contributed by atoms with Crippen molar-refractivity contribution >= 4 is 23.1 Å². The smallest absolute Gasteiger partial charge is 0.277 e. The molecule has 1 saturated heterocycles. The summed E-state index contributed by atoms with van der Waals surface area (Å²) >= 11 is 0. The summed E-state index contributed by atoms with van der Waals surface area (Å²) in [7, 11) is 1.44. The van der Waals surface area contributed by atoms with Crippen molar-refractivity contribution in [3.63, 3.8) is 0 Å². The maximum Gasteiger partial charge on any atom is 0.277 e. The van der Waals surface area contributed by atoms with Crippen LogP contribution in [0.4, 0.5) is 5.69 Å². The molecule has 1 aromatic rings. The fourth-order valence-electron chi connectivity index (χ4n) is 3.27. The van der Waals surface area contributed by atoms with Gasteiger partial charge in [0.25, 0.3) is 17.5 Å². The van der Waals surface area contributed by atoms with Crippen LogP contribution < -0.4 is 0 Å². The van der Waals surface area contributed by atoms with Crippen LogP contribution in [0.3, 0.4) is 0 Å². The van der Waals surface area contributed by atoms with Crippen molar-refractivity contribution in [3.8, 4) is 0 Å². The van der Waals surface area contributed by atoms with Gasteiger partial charge in [0, 0.05) is 51.9 Å². The van der Waals surface area contributed by atoms with E-state index in [4.69, 9.17) is 5.11 Å². The number of aliphatic hydroxyl groups excluding tert-OH is 1. The zero-order chi connectivity index (χ0) is 18.8. The number of amides is 2. The van der Waals surface area contributed by atoms with Gasteiger partial charge in [-0.1, -0.05) is 0 Å². The van der Waals surface area contributed by atoms with Gasteiger partial charge in [0.1, 0.15) is 5.70 Å². The third-order valence-corrected chi connectivity index (χ3v) is 4.73. The number of nitrogens with zero attached hydrogens (tertiary/aromatic N) is 4. The number of hydrogen-bond donors (Lipinski definition) is 1. The van der Waals surface area contributed by atoms with Crippen LogP contribution in [0, 0.1) is 10.1 Å². The molecule has 1 aromatic carbocycles. The van der Waals surface area contributed by atoms with E-state index in [1.54, 1.807) is 0 Å². The molecule has 2 aliphatic heterocycles. The van der Waals surface area contributed by atoms with E-state index in [0.29, 0.717) is 44.0 Å². The van der Waals surface area contributed by atoms with Crippen LogP contribution in [0.25, 0.3) is 5.57 Å². The molecule has 2 amide bonds. The van der Waals surface area contributed by atoms with Crippen LogP contribution in [0.15, 0.2) is 30.0 Å².